The molecular weight excluding hydrogens is 306 g/mol. The van der Waals surface area contributed by atoms with E-state index in [-0.39, 0.29) is 11.6 Å². The molecule has 118 valence electrons. The van der Waals surface area contributed by atoms with Crippen LogP contribution < -0.4 is 10.5 Å². The van der Waals surface area contributed by atoms with Crippen LogP contribution in [0.1, 0.15) is 11.6 Å². The van der Waals surface area contributed by atoms with Crippen molar-refractivity contribution in [2.24, 2.45) is 0 Å². The first-order chi connectivity index (χ1) is 11.1. The topological polar surface area (TPSA) is 42.2 Å². The Labute approximate surface area is 140 Å². The third kappa shape index (κ3) is 3.11. The average molecular weight is 326 g/mol. The second-order valence-electron chi connectivity index (χ2n) is 5.93. The van der Waals surface area contributed by atoms with Gasteiger partial charge in [0.2, 0.25) is 0 Å². The van der Waals surface area contributed by atoms with Gasteiger partial charge >= 0.3 is 0 Å². The summed E-state index contributed by atoms with van der Waals surface area (Å²) in [7, 11) is 4.19. The van der Waals surface area contributed by atoms with Gasteiger partial charge in [0, 0.05) is 5.56 Å². The Bertz CT molecular complexity index is 928. The largest absolute Gasteiger partial charge is 0.332 e. The Hall–Kier alpha value is -2.24. The van der Waals surface area contributed by atoms with E-state index in [4.69, 9.17) is 12.2 Å². The van der Waals surface area contributed by atoms with Crippen molar-refractivity contribution < 1.29 is 4.90 Å². The SMILES string of the molecule is C[NH+](C)[C@H](Cn1c(=S)[nH]c2ccccc2c1=O)c1ccccc1. The number of benzene rings is 2. The minimum absolute atomic E-state index is 0.0356. The molecule has 1 heterocycles. The molecule has 0 saturated carbocycles. The smallest absolute Gasteiger partial charge is 0.262 e. The molecule has 1 atom stereocenters. The van der Waals surface area contributed by atoms with Crippen LogP contribution in [0, 0.1) is 4.77 Å². The molecule has 5 heteroatoms. The fourth-order valence-electron chi connectivity index (χ4n) is 2.85. The van der Waals surface area contributed by atoms with Crippen LogP contribution >= 0.6 is 12.2 Å². The van der Waals surface area contributed by atoms with Crippen molar-refractivity contribution in [2.45, 2.75) is 12.6 Å². The lowest BCUT2D eigenvalue weighted by Crippen LogP contribution is -3.06. The van der Waals surface area contributed by atoms with Gasteiger partial charge in [-0.2, -0.15) is 0 Å². The van der Waals surface area contributed by atoms with E-state index < -0.39 is 0 Å². The molecule has 23 heavy (non-hydrogen) atoms. The molecule has 3 rings (SSSR count). The summed E-state index contributed by atoms with van der Waals surface area (Å²) < 4.78 is 2.14. The van der Waals surface area contributed by atoms with E-state index in [2.05, 4.69) is 31.2 Å². The monoisotopic (exact) mass is 326 g/mol. The van der Waals surface area contributed by atoms with Gasteiger partial charge in [0.05, 0.1) is 31.5 Å². The summed E-state index contributed by atoms with van der Waals surface area (Å²) in [5.74, 6) is 0. The number of rotatable bonds is 4. The highest BCUT2D eigenvalue weighted by Crippen LogP contribution is 2.12. The van der Waals surface area contributed by atoms with Crippen molar-refractivity contribution in [1.82, 2.24) is 9.55 Å². The van der Waals surface area contributed by atoms with E-state index in [0.29, 0.717) is 16.7 Å². The van der Waals surface area contributed by atoms with Gasteiger partial charge in [-0.25, -0.2) is 0 Å². The number of hydrogen-bond acceptors (Lipinski definition) is 2. The number of nitrogens with zero attached hydrogens (tertiary/aromatic N) is 1. The molecule has 0 saturated heterocycles. The van der Waals surface area contributed by atoms with Gasteiger partial charge in [-0.1, -0.05) is 42.5 Å². The van der Waals surface area contributed by atoms with E-state index in [1.165, 1.54) is 10.5 Å². The second kappa shape index (κ2) is 6.48. The van der Waals surface area contributed by atoms with E-state index in [0.717, 1.165) is 5.52 Å². The lowest BCUT2D eigenvalue weighted by atomic mass is 10.1. The fraction of sp³-hybridized carbons (Fsp3) is 0.222. The maximum Gasteiger partial charge on any atom is 0.262 e. The maximum atomic E-state index is 12.8. The number of aromatic nitrogens is 2. The van der Waals surface area contributed by atoms with E-state index in [9.17, 15) is 4.79 Å². The Morgan fingerprint density at radius 2 is 1.74 bits per heavy atom. The zero-order valence-electron chi connectivity index (χ0n) is 13.2. The lowest BCUT2D eigenvalue weighted by Gasteiger charge is -2.22. The molecule has 0 spiro atoms. The van der Waals surface area contributed by atoms with Crippen LogP contribution in [-0.2, 0) is 6.54 Å². The molecule has 0 bridgehead atoms. The number of H-pyrrole nitrogens is 1. The van der Waals surface area contributed by atoms with Gasteiger partial charge in [0.15, 0.2) is 4.77 Å². The summed E-state index contributed by atoms with van der Waals surface area (Å²) >= 11 is 5.42. The molecule has 0 radical (unpaired) electrons. The molecule has 3 aromatic rings. The first-order valence-corrected chi connectivity index (χ1v) is 8.05. The van der Waals surface area contributed by atoms with Gasteiger partial charge < -0.3 is 9.88 Å². The van der Waals surface area contributed by atoms with Crippen molar-refractivity contribution in [1.29, 1.82) is 0 Å². The Morgan fingerprint density at radius 3 is 2.43 bits per heavy atom. The van der Waals surface area contributed by atoms with Crippen molar-refractivity contribution >= 4 is 23.1 Å². The first-order valence-electron chi connectivity index (χ1n) is 7.65. The van der Waals surface area contributed by atoms with E-state index in [1.807, 2.05) is 42.5 Å². The minimum Gasteiger partial charge on any atom is -0.332 e. The zero-order valence-corrected chi connectivity index (χ0v) is 14.1. The third-order valence-corrected chi connectivity index (χ3v) is 4.48. The quantitative estimate of drug-likeness (QED) is 0.720. The van der Waals surface area contributed by atoms with Crippen LogP contribution in [0.4, 0.5) is 0 Å². The number of nitrogens with one attached hydrogen (secondary N) is 2. The second-order valence-corrected chi connectivity index (χ2v) is 6.32. The van der Waals surface area contributed by atoms with Gasteiger partial charge in [0.1, 0.15) is 6.04 Å². The number of quaternary nitrogens is 1. The van der Waals surface area contributed by atoms with Crippen LogP contribution in [0.2, 0.25) is 0 Å². The normalized spacial score (nSPS) is 12.7. The highest BCUT2D eigenvalue weighted by molar-refractivity contribution is 7.71. The molecule has 2 N–H and O–H groups in total. The Balaban J connectivity index is 2.10. The van der Waals surface area contributed by atoms with Gasteiger partial charge in [0.25, 0.3) is 5.56 Å². The molecule has 0 aliphatic rings. The predicted octanol–water partition coefficient (Wildman–Crippen LogP) is 1.94. The summed E-state index contributed by atoms with van der Waals surface area (Å²) in [5.41, 5.74) is 1.95. The van der Waals surface area contributed by atoms with Crippen LogP contribution in [-0.4, -0.2) is 23.6 Å². The average Bonchev–Trinajstić information content (AvgIpc) is 2.55. The summed E-state index contributed by atoms with van der Waals surface area (Å²) in [5, 5.41) is 0.668. The number of hydrogen-bond donors (Lipinski definition) is 2. The Morgan fingerprint density at radius 1 is 1.09 bits per heavy atom. The van der Waals surface area contributed by atoms with Crippen LogP contribution in [0.5, 0.6) is 0 Å². The molecule has 4 nitrogen and oxygen atoms in total. The molecule has 0 aliphatic heterocycles. The van der Waals surface area contributed by atoms with Gasteiger partial charge in [-0.05, 0) is 24.4 Å². The summed E-state index contributed by atoms with van der Waals surface area (Å²) in [6.45, 7) is 0.547. The van der Waals surface area contributed by atoms with Gasteiger partial charge in [-0.3, -0.25) is 9.36 Å². The molecule has 0 fully saturated rings. The standard InChI is InChI=1S/C18H19N3OS/c1-20(2)16(13-8-4-3-5-9-13)12-21-17(22)14-10-6-7-11-15(14)19-18(21)23/h3-11,16H,12H2,1-2H3,(H,19,23)/p+1/t16-/m1/s1. The summed E-state index contributed by atoms with van der Waals surface area (Å²) in [6, 6.07) is 17.9. The van der Waals surface area contributed by atoms with Crippen LogP contribution in [0.25, 0.3) is 10.9 Å². The molecule has 0 aliphatic carbocycles. The fourth-order valence-corrected chi connectivity index (χ4v) is 3.12. The Kier molecular flexibility index (Phi) is 4.41. The van der Waals surface area contributed by atoms with E-state index in [1.54, 1.807) is 4.57 Å². The minimum atomic E-state index is -0.0356. The highest BCUT2D eigenvalue weighted by atomic mass is 32.1. The summed E-state index contributed by atoms with van der Waals surface area (Å²) in [4.78, 5) is 17.2. The molecular formula is C18H20N3OS+. The number of para-hydroxylation sites is 1. The van der Waals surface area contributed by atoms with Crippen molar-refractivity contribution in [2.75, 3.05) is 14.1 Å². The molecule has 0 unspecified atom stereocenters. The van der Waals surface area contributed by atoms with E-state index >= 15 is 0 Å². The number of fused-ring (bicyclic) bond motifs is 1. The third-order valence-electron chi connectivity index (χ3n) is 4.15. The van der Waals surface area contributed by atoms with Crippen LogP contribution in [0.15, 0.2) is 59.4 Å². The molecule has 0 amide bonds. The summed E-state index contributed by atoms with van der Waals surface area (Å²) in [6.07, 6.45) is 0. The highest BCUT2D eigenvalue weighted by Gasteiger charge is 2.20. The molecule has 2 aromatic carbocycles. The van der Waals surface area contributed by atoms with Crippen molar-refractivity contribution in [3.05, 3.63) is 75.3 Å². The molecule has 1 aromatic heterocycles. The van der Waals surface area contributed by atoms with Crippen molar-refractivity contribution in [3.63, 3.8) is 0 Å². The number of aromatic amines is 1. The lowest BCUT2D eigenvalue weighted by molar-refractivity contribution is -0.893. The predicted molar refractivity (Wildman–Crippen MR) is 95.4 cm³/mol. The first kappa shape index (κ1) is 15.6. The van der Waals surface area contributed by atoms with Crippen LogP contribution in [0.3, 0.4) is 0 Å². The number of likely N-dealkylation sites (N-methyl/N-ethyl adjacent to an activating group) is 1. The zero-order chi connectivity index (χ0) is 16.4. The van der Waals surface area contributed by atoms with Crippen molar-refractivity contribution in [3.8, 4) is 0 Å². The maximum absolute atomic E-state index is 12.8. The van der Waals surface area contributed by atoms with Gasteiger partial charge in [-0.15, -0.1) is 0 Å².